The second kappa shape index (κ2) is 8.05. The molecule has 2 aromatic rings. The van der Waals surface area contributed by atoms with Gasteiger partial charge in [-0.1, -0.05) is 42.5 Å². The van der Waals surface area contributed by atoms with Gasteiger partial charge in [-0.15, -0.1) is 0 Å². The molecule has 28 heavy (non-hydrogen) atoms. The van der Waals surface area contributed by atoms with E-state index in [2.05, 4.69) is 66.1 Å². The van der Waals surface area contributed by atoms with Crippen molar-refractivity contribution in [1.29, 1.82) is 0 Å². The molecule has 0 amide bonds. The van der Waals surface area contributed by atoms with Crippen LogP contribution in [0.3, 0.4) is 0 Å². The summed E-state index contributed by atoms with van der Waals surface area (Å²) < 4.78 is 5.27. The molecule has 0 aliphatic heterocycles. The van der Waals surface area contributed by atoms with Crippen LogP contribution in [0.1, 0.15) is 44.6 Å². The molecule has 4 rings (SSSR count). The molecule has 0 bridgehead atoms. The molecular formula is C25H27NO2. The highest BCUT2D eigenvalue weighted by molar-refractivity contribution is 5.86. The molecule has 0 fully saturated rings. The van der Waals surface area contributed by atoms with E-state index < -0.39 is 0 Å². The molecule has 0 saturated heterocycles. The molecule has 0 heterocycles. The van der Waals surface area contributed by atoms with Crippen LogP contribution in [0.2, 0.25) is 0 Å². The zero-order chi connectivity index (χ0) is 19.5. The number of allylic oxidation sites excluding steroid dienone is 1. The van der Waals surface area contributed by atoms with Gasteiger partial charge in [0.2, 0.25) is 0 Å². The maximum Gasteiger partial charge on any atom is 0.333 e. The Morgan fingerprint density at radius 1 is 1.04 bits per heavy atom. The van der Waals surface area contributed by atoms with E-state index in [1.165, 1.54) is 43.5 Å². The highest BCUT2D eigenvalue weighted by Gasteiger charge is 2.33. The Morgan fingerprint density at radius 2 is 1.75 bits per heavy atom. The van der Waals surface area contributed by atoms with Gasteiger partial charge in [-0.3, -0.25) is 0 Å². The molecule has 1 atom stereocenters. The van der Waals surface area contributed by atoms with Gasteiger partial charge >= 0.3 is 5.97 Å². The number of para-hydroxylation sites is 1. The number of nitrogens with zero attached hydrogens (tertiary/aromatic N) is 1. The van der Waals surface area contributed by atoms with Crippen LogP contribution < -0.4 is 4.90 Å². The van der Waals surface area contributed by atoms with Crippen molar-refractivity contribution in [2.45, 2.75) is 51.7 Å². The second-order valence-electron chi connectivity index (χ2n) is 7.77. The Bertz CT molecular complexity index is 896. The molecule has 0 saturated carbocycles. The van der Waals surface area contributed by atoms with Crippen LogP contribution in [-0.2, 0) is 16.1 Å². The van der Waals surface area contributed by atoms with E-state index in [0.717, 1.165) is 5.56 Å². The van der Waals surface area contributed by atoms with Gasteiger partial charge in [0.25, 0.3) is 0 Å². The van der Waals surface area contributed by atoms with Gasteiger partial charge in [-0.2, -0.15) is 0 Å². The Kier molecular flexibility index (Phi) is 5.34. The quantitative estimate of drug-likeness (QED) is 0.349. The molecule has 0 spiro atoms. The highest BCUT2D eigenvalue weighted by atomic mass is 16.5. The molecule has 144 valence electrons. The highest BCUT2D eigenvalue weighted by Crippen LogP contribution is 2.44. The molecular weight excluding hydrogens is 346 g/mol. The predicted octanol–water partition coefficient (Wildman–Crippen LogP) is 6.09. The minimum absolute atomic E-state index is 0.274. The van der Waals surface area contributed by atoms with Gasteiger partial charge in [0.15, 0.2) is 0 Å². The minimum Gasteiger partial charge on any atom is -0.457 e. The van der Waals surface area contributed by atoms with Crippen molar-refractivity contribution in [3.8, 4) is 0 Å². The van der Waals surface area contributed by atoms with Crippen LogP contribution in [-0.4, -0.2) is 12.0 Å². The fourth-order valence-corrected chi connectivity index (χ4v) is 4.22. The summed E-state index contributed by atoms with van der Waals surface area (Å²) in [6.07, 6.45) is 6.26. The van der Waals surface area contributed by atoms with Gasteiger partial charge in [-0.25, -0.2) is 4.79 Å². The first kappa shape index (κ1) is 18.5. The van der Waals surface area contributed by atoms with Crippen molar-refractivity contribution in [2.75, 3.05) is 4.90 Å². The number of hydrogen-bond acceptors (Lipinski definition) is 3. The SMILES string of the molecule is C=C(C)C(=O)OCc1ccc(N(c2ccccc2)C2CCCC3=C2CC3)cc1. The van der Waals surface area contributed by atoms with Crippen LogP contribution in [0.25, 0.3) is 0 Å². The smallest absolute Gasteiger partial charge is 0.333 e. The molecule has 2 aromatic carbocycles. The number of benzene rings is 2. The minimum atomic E-state index is -0.346. The lowest BCUT2D eigenvalue weighted by molar-refractivity contribution is -0.140. The van der Waals surface area contributed by atoms with Gasteiger partial charge in [0, 0.05) is 16.9 Å². The summed E-state index contributed by atoms with van der Waals surface area (Å²) in [4.78, 5) is 14.1. The van der Waals surface area contributed by atoms with Crippen molar-refractivity contribution >= 4 is 17.3 Å². The Labute approximate surface area is 167 Å². The lowest BCUT2D eigenvalue weighted by atomic mass is 9.74. The number of esters is 1. The molecule has 0 aromatic heterocycles. The van der Waals surface area contributed by atoms with Crippen LogP contribution in [0, 0.1) is 0 Å². The Morgan fingerprint density at radius 3 is 2.39 bits per heavy atom. The third-order valence-corrected chi connectivity index (χ3v) is 5.79. The first-order valence-electron chi connectivity index (χ1n) is 10.1. The van der Waals surface area contributed by atoms with Crippen molar-refractivity contribution < 1.29 is 9.53 Å². The first-order valence-corrected chi connectivity index (χ1v) is 10.1. The topological polar surface area (TPSA) is 29.5 Å². The lowest BCUT2D eigenvalue weighted by Gasteiger charge is -2.43. The van der Waals surface area contributed by atoms with Gasteiger partial charge in [0.05, 0.1) is 6.04 Å². The Balaban J connectivity index is 1.59. The van der Waals surface area contributed by atoms with E-state index in [4.69, 9.17) is 4.74 Å². The number of ether oxygens (including phenoxy) is 1. The van der Waals surface area contributed by atoms with Crippen molar-refractivity contribution in [1.82, 2.24) is 0 Å². The van der Waals surface area contributed by atoms with Crippen LogP contribution in [0.15, 0.2) is 77.9 Å². The van der Waals surface area contributed by atoms with Crippen LogP contribution >= 0.6 is 0 Å². The van der Waals surface area contributed by atoms with E-state index in [0.29, 0.717) is 11.6 Å². The molecule has 2 aliphatic carbocycles. The molecule has 0 N–H and O–H groups in total. The monoisotopic (exact) mass is 373 g/mol. The number of carbonyl (C=O) groups is 1. The van der Waals surface area contributed by atoms with E-state index in [-0.39, 0.29) is 12.6 Å². The summed E-state index contributed by atoms with van der Waals surface area (Å²) in [6.45, 7) is 5.56. The predicted molar refractivity (Wildman–Crippen MR) is 114 cm³/mol. The maximum atomic E-state index is 11.6. The number of carbonyl (C=O) groups excluding carboxylic acids is 1. The van der Waals surface area contributed by atoms with Crippen molar-refractivity contribution in [2.24, 2.45) is 0 Å². The average Bonchev–Trinajstić information content (AvgIpc) is 2.69. The first-order chi connectivity index (χ1) is 13.6. The molecule has 3 nitrogen and oxygen atoms in total. The summed E-state index contributed by atoms with van der Waals surface area (Å²) >= 11 is 0. The van der Waals surface area contributed by atoms with Crippen LogP contribution in [0.5, 0.6) is 0 Å². The standard InChI is InChI=1S/C25H27NO2/c1-18(2)25(27)28-17-19-11-14-22(15-12-19)26(21-8-4-3-5-9-21)24-10-6-7-20-13-16-23(20)24/h3-5,8-9,11-12,14-15,24H,1,6-7,10,13,16-17H2,2H3. The van der Waals surface area contributed by atoms with E-state index in [1.807, 2.05) is 0 Å². The second-order valence-corrected chi connectivity index (χ2v) is 7.77. The zero-order valence-electron chi connectivity index (χ0n) is 16.5. The fraction of sp³-hybridized carbons (Fsp3) is 0.320. The van der Waals surface area contributed by atoms with E-state index in [1.54, 1.807) is 18.1 Å². The summed E-state index contributed by atoms with van der Waals surface area (Å²) in [5.41, 5.74) is 7.16. The molecule has 2 aliphatic rings. The summed E-state index contributed by atoms with van der Waals surface area (Å²) in [7, 11) is 0. The number of hydrogen-bond donors (Lipinski definition) is 0. The lowest BCUT2D eigenvalue weighted by Crippen LogP contribution is -2.38. The zero-order valence-corrected chi connectivity index (χ0v) is 16.5. The van der Waals surface area contributed by atoms with Crippen molar-refractivity contribution in [3.63, 3.8) is 0 Å². The third-order valence-electron chi connectivity index (χ3n) is 5.79. The molecule has 1 unspecified atom stereocenters. The van der Waals surface area contributed by atoms with Crippen LogP contribution in [0.4, 0.5) is 11.4 Å². The average molecular weight is 373 g/mol. The normalized spacial score (nSPS) is 18.1. The van der Waals surface area contributed by atoms with Gasteiger partial charge in [0.1, 0.15) is 6.61 Å². The summed E-state index contributed by atoms with van der Waals surface area (Å²) in [6, 6.07) is 19.5. The number of anilines is 2. The maximum absolute atomic E-state index is 11.6. The third kappa shape index (κ3) is 3.75. The van der Waals surface area contributed by atoms with Gasteiger partial charge in [-0.05, 0) is 74.4 Å². The van der Waals surface area contributed by atoms with Crippen molar-refractivity contribution in [3.05, 3.63) is 83.5 Å². The number of rotatable bonds is 6. The summed E-state index contributed by atoms with van der Waals surface area (Å²) in [5.74, 6) is -0.346. The van der Waals surface area contributed by atoms with Gasteiger partial charge < -0.3 is 9.64 Å². The Hall–Kier alpha value is -2.81. The molecule has 3 heteroatoms. The van der Waals surface area contributed by atoms with E-state index in [9.17, 15) is 4.79 Å². The molecule has 0 radical (unpaired) electrons. The van der Waals surface area contributed by atoms with E-state index >= 15 is 0 Å². The summed E-state index contributed by atoms with van der Waals surface area (Å²) in [5, 5.41) is 0. The largest absolute Gasteiger partial charge is 0.457 e. The fourth-order valence-electron chi connectivity index (χ4n) is 4.22.